The summed E-state index contributed by atoms with van der Waals surface area (Å²) in [5.41, 5.74) is 11.6. The van der Waals surface area contributed by atoms with Crippen molar-refractivity contribution in [3.63, 3.8) is 0 Å². The summed E-state index contributed by atoms with van der Waals surface area (Å²) >= 11 is 0. The van der Waals surface area contributed by atoms with Crippen molar-refractivity contribution >= 4 is 24.0 Å². The number of methoxy groups -OCH3 is 1. The number of amides is 1. The van der Waals surface area contributed by atoms with Gasteiger partial charge in [-0.05, 0) is 18.9 Å². The van der Waals surface area contributed by atoms with E-state index >= 15 is 0 Å². The van der Waals surface area contributed by atoms with Crippen molar-refractivity contribution in [3.8, 4) is 0 Å². The van der Waals surface area contributed by atoms with E-state index in [0.29, 0.717) is 18.7 Å². The Labute approximate surface area is 146 Å². The molecular formula is C15H23ClN4O4. The zero-order valence-corrected chi connectivity index (χ0v) is 14.3. The molecule has 1 aromatic rings. The predicted octanol–water partition coefficient (Wildman–Crippen LogP) is 1.05. The van der Waals surface area contributed by atoms with Crippen LogP contribution in [0.15, 0.2) is 18.2 Å². The van der Waals surface area contributed by atoms with E-state index in [0.717, 1.165) is 19.4 Å². The average molecular weight is 359 g/mol. The molecule has 0 radical (unpaired) electrons. The molecule has 2 atom stereocenters. The predicted molar refractivity (Wildman–Crippen MR) is 92.1 cm³/mol. The fourth-order valence-corrected chi connectivity index (χ4v) is 2.97. The Hall–Kier alpha value is -1.74. The Bertz CT molecular complexity index is 599. The summed E-state index contributed by atoms with van der Waals surface area (Å²) in [4.78, 5) is 24.1. The second-order valence-electron chi connectivity index (χ2n) is 5.71. The molecule has 1 amide bonds. The lowest BCUT2D eigenvalue weighted by atomic mass is 9.98. The maximum atomic E-state index is 11.3. The molecule has 0 aliphatic carbocycles. The van der Waals surface area contributed by atoms with Gasteiger partial charge in [-0.25, -0.2) is 0 Å². The van der Waals surface area contributed by atoms with Crippen LogP contribution in [0.2, 0.25) is 0 Å². The molecule has 24 heavy (non-hydrogen) atoms. The second-order valence-corrected chi connectivity index (χ2v) is 5.71. The number of halogens is 1. The molecule has 1 saturated heterocycles. The summed E-state index contributed by atoms with van der Waals surface area (Å²) in [5, 5.41) is 11.3. The number of nitro groups is 1. The minimum atomic E-state index is -0.680. The topological polar surface area (TPSA) is 125 Å². The third-order valence-corrected chi connectivity index (χ3v) is 4.34. The first-order chi connectivity index (χ1) is 11.0. The van der Waals surface area contributed by atoms with Gasteiger partial charge in [-0.1, -0.05) is 6.07 Å². The number of rotatable bonds is 6. The van der Waals surface area contributed by atoms with Crippen LogP contribution in [-0.2, 0) is 11.3 Å². The summed E-state index contributed by atoms with van der Waals surface area (Å²) in [5.74, 6) is -0.680. The third kappa shape index (κ3) is 4.64. The van der Waals surface area contributed by atoms with Gasteiger partial charge in [-0.3, -0.25) is 19.8 Å². The molecule has 4 N–H and O–H groups in total. The van der Waals surface area contributed by atoms with Gasteiger partial charge in [0.2, 0.25) is 5.91 Å². The Morgan fingerprint density at radius 2 is 2.21 bits per heavy atom. The number of nitrogens with two attached hydrogens (primary N) is 2. The van der Waals surface area contributed by atoms with Crippen LogP contribution in [0.1, 0.15) is 28.8 Å². The van der Waals surface area contributed by atoms with Crippen LogP contribution < -0.4 is 11.5 Å². The minimum Gasteiger partial charge on any atom is -0.381 e. The smallest absolute Gasteiger partial charge is 0.274 e. The molecule has 1 aromatic carbocycles. The van der Waals surface area contributed by atoms with Crippen LogP contribution in [0.25, 0.3) is 0 Å². The van der Waals surface area contributed by atoms with Crippen molar-refractivity contribution in [2.24, 2.45) is 11.5 Å². The highest BCUT2D eigenvalue weighted by atomic mass is 35.5. The molecule has 1 fully saturated rings. The number of hydrogen-bond acceptors (Lipinski definition) is 6. The zero-order valence-electron chi connectivity index (χ0n) is 13.5. The average Bonchev–Trinajstić information content (AvgIpc) is 2.55. The van der Waals surface area contributed by atoms with Gasteiger partial charge in [0, 0.05) is 50.0 Å². The molecule has 0 saturated carbocycles. The van der Waals surface area contributed by atoms with Crippen LogP contribution in [0.4, 0.5) is 5.69 Å². The first-order valence-corrected chi connectivity index (χ1v) is 7.50. The van der Waals surface area contributed by atoms with Crippen molar-refractivity contribution < 1.29 is 14.5 Å². The van der Waals surface area contributed by atoms with Gasteiger partial charge in [-0.2, -0.15) is 0 Å². The summed E-state index contributed by atoms with van der Waals surface area (Å²) in [7, 11) is 1.68. The van der Waals surface area contributed by atoms with Crippen LogP contribution in [0.5, 0.6) is 0 Å². The van der Waals surface area contributed by atoms with Gasteiger partial charge in [0.15, 0.2) is 0 Å². The van der Waals surface area contributed by atoms with E-state index in [1.807, 2.05) is 0 Å². The third-order valence-electron chi connectivity index (χ3n) is 4.34. The van der Waals surface area contributed by atoms with Crippen molar-refractivity contribution in [2.75, 3.05) is 20.2 Å². The van der Waals surface area contributed by atoms with Gasteiger partial charge < -0.3 is 16.2 Å². The van der Waals surface area contributed by atoms with E-state index < -0.39 is 10.8 Å². The molecule has 134 valence electrons. The number of benzene rings is 1. The Morgan fingerprint density at radius 1 is 1.50 bits per heavy atom. The molecule has 0 spiro atoms. The number of nitrogens with zero attached hydrogens (tertiary/aromatic N) is 2. The van der Waals surface area contributed by atoms with Crippen molar-refractivity contribution in [3.05, 3.63) is 39.4 Å². The Balaban J connectivity index is 0.00000288. The number of nitro benzene ring substituents is 1. The number of likely N-dealkylation sites (tertiary alicyclic amines) is 1. The normalized spacial score (nSPS) is 21.1. The first kappa shape index (κ1) is 20.3. The lowest BCUT2D eigenvalue weighted by Crippen LogP contribution is -2.48. The van der Waals surface area contributed by atoms with E-state index in [1.54, 1.807) is 13.2 Å². The van der Waals surface area contributed by atoms with Crippen LogP contribution in [-0.4, -0.2) is 48.1 Å². The molecule has 1 aliphatic rings. The first-order valence-electron chi connectivity index (χ1n) is 7.50. The van der Waals surface area contributed by atoms with Crippen LogP contribution >= 0.6 is 12.4 Å². The monoisotopic (exact) mass is 358 g/mol. The fourth-order valence-electron chi connectivity index (χ4n) is 2.97. The summed E-state index contributed by atoms with van der Waals surface area (Å²) < 4.78 is 5.38. The lowest BCUT2D eigenvalue weighted by molar-refractivity contribution is -0.385. The number of carbonyl (C=O) groups is 1. The van der Waals surface area contributed by atoms with Gasteiger partial charge in [0.1, 0.15) is 0 Å². The number of hydrogen-bond donors (Lipinski definition) is 2. The Morgan fingerprint density at radius 3 is 2.75 bits per heavy atom. The lowest BCUT2D eigenvalue weighted by Gasteiger charge is -2.38. The van der Waals surface area contributed by atoms with Gasteiger partial charge in [0.05, 0.1) is 11.0 Å². The summed E-state index contributed by atoms with van der Waals surface area (Å²) in [6.07, 6.45) is 1.84. The van der Waals surface area contributed by atoms with E-state index in [9.17, 15) is 14.9 Å². The number of ether oxygens (including phenoxy) is 1. The molecule has 0 bridgehead atoms. The molecular weight excluding hydrogens is 336 g/mol. The van der Waals surface area contributed by atoms with E-state index in [4.69, 9.17) is 16.2 Å². The molecule has 8 nitrogen and oxygen atoms in total. The highest BCUT2D eigenvalue weighted by Gasteiger charge is 2.29. The fraction of sp³-hybridized carbons (Fsp3) is 0.533. The molecule has 1 aliphatic heterocycles. The largest absolute Gasteiger partial charge is 0.381 e. The van der Waals surface area contributed by atoms with E-state index in [1.165, 1.54) is 12.1 Å². The maximum Gasteiger partial charge on any atom is 0.274 e. The second kappa shape index (κ2) is 8.93. The summed E-state index contributed by atoms with van der Waals surface area (Å²) in [6, 6.07) is 4.46. The summed E-state index contributed by atoms with van der Waals surface area (Å²) in [6.45, 7) is 1.63. The van der Waals surface area contributed by atoms with Gasteiger partial charge in [-0.15, -0.1) is 12.4 Å². The van der Waals surface area contributed by atoms with Crippen molar-refractivity contribution in [2.45, 2.75) is 31.5 Å². The van der Waals surface area contributed by atoms with Crippen LogP contribution in [0, 0.1) is 10.1 Å². The number of piperidine rings is 1. The van der Waals surface area contributed by atoms with Crippen molar-refractivity contribution in [1.29, 1.82) is 0 Å². The quantitative estimate of drug-likeness (QED) is 0.578. The van der Waals surface area contributed by atoms with E-state index in [2.05, 4.69) is 4.90 Å². The zero-order chi connectivity index (χ0) is 17.0. The van der Waals surface area contributed by atoms with Crippen LogP contribution in [0.3, 0.4) is 0 Å². The highest BCUT2D eigenvalue weighted by molar-refractivity contribution is 5.93. The number of primary amides is 1. The molecule has 0 aromatic heterocycles. The maximum absolute atomic E-state index is 11.3. The molecule has 9 heteroatoms. The minimum absolute atomic E-state index is 0. The molecule has 2 unspecified atom stereocenters. The molecule has 1 heterocycles. The van der Waals surface area contributed by atoms with E-state index in [-0.39, 0.29) is 35.8 Å². The van der Waals surface area contributed by atoms with Gasteiger partial charge >= 0.3 is 0 Å². The number of carbonyl (C=O) groups excluding carboxylic acids is 1. The van der Waals surface area contributed by atoms with Gasteiger partial charge in [0.25, 0.3) is 5.69 Å². The standard InChI is InChI=1S/C15H22N4O4.ClH/c1-23-13-4-5-18(12(7-13)8-16)9-11-3-2-10(15(17)20)6-14(11)19(21)22;/h2-3,6,12-13H,4-5,7-9,16H2,1H3,(H2,17,20);1H. The highest BCUT2D eigenvalue weighted by Crippen LogP contribution is 2.26. The molecule has 2 rings (SSSR count). The van der Waals surface area contributed by atoms with Crippen molar-refractivity contribution in [1.82, 2.24) is 4.90 Å². The Kier molecular flexibility index (Phi) is 7.56. The SMILES string of the molecule is COC1CCN(Cc2ccc(C(N)=O)cc2[N+](=O)[O-])C(CN)C1.Cl.